The first-order valence-corrected chi connectivity index (χ1v) is 9.00. The van der Waals surface area contributed by atoms with E-state index in [1.165, 1.54) is 5.56 Å². The molecule has 0 spiro atoms. The van der Waals surface area contributed by atoms with E-state index in [-0.39, 0.29) is 17.9 Å². The summed E-state index contributed by atoms with van der Waals surface area (Å²) >= 11 is 3.58. The molecule has 0 aliphatic carbocycles. The van der Waals surface area contributed by atoms with E-state index in [0.29, 0.717) is 13.2 Å². The Labute approximate surface area is 149 Å². The Hall–Kier alpha value is -1.69. The second kappa shape index (κ2) is 6.67. The fraction of sp³-hybridized carbons (Fsp3) is 0.316. The summed E-state index contributed by atoms with van der Waals surface area (Å²) in [7, 11) is 0. The number of anilines is 1. The molecule has 4 rings (SSSR count). The second-order valence-corrected chi connectivity index (χ2v) is 7.12. The fourth-order valence-electron chi connectivity index (χ4n) is 3.69. The maximum absolute atomic E-state index is 12.9. The molecule has 2 aliphatic heterocycles. The summed E-state index contributed by atoms with van der Waals surface area (Å²) in [6.45, 7) is 2.92. The van der Waals surface area contributed by atoms with Gasteiger partial charge < -0.3 is 10.1 Å². The van der Waals surface area contributed by atoms with Crippen LogP contribution in [0.2, 0.25) is 0 Å². The molecule has 2 aliphatic rings. The predicted molar refractivity (Wildman–Crippen MR) is 97.2 cm³/mol. The number of nitrogens with zero attached hydrogens (tertiary/aromatic N) is 1. The number of fused-ring (bicyclic) bond motifs is 1. The van der Waals surface area contributed by atoms with Gasteiger partial charge in [0, 0.05) is 29.2 Å². The number of ether oxygens (including phenoxy) is 1. The summed E-state index contributed by atoms with van der Waals surface area (Å²) in [4.78, 5) is 15.2. The van der Waals surface area contributed by atoms with Crippen LogP contribution < -0.4 is 5.32 Å². The van der Waals surface area contributed by atoms with E-state index in [0.717, 1.165) is 28.8 Å². The van der Waals surface area contributed by atoms with Crippen molar-refractivity contribution in [2.75, 3.05) is 31.6 Å². The Bertz CT molecular complexity index is 744. The maximum Gasteiger partial charge on any atom is 0.242 e. The number of hydrogen-bond donors (Lipinski definition) is 1. The number of halogens is 1. The van der Waals surface area contributed by atoms with E-state index in [1.807, 2.05) is 30.3 Å². The van der Waals surface area contributed by atoms with Gasteiger partial charge in [0.05, 0.1) is 13.2 Å². The normalized spacial score (nSPS) is 24.3. The van der Waals surface area contributed by atoms with Gasteiger partial charge in [-0.2, -0.15) is 0 Å². The van der Waals surface area contributed by atoms with Crippen molar-refractivity contribution in [1.82, 2.24) is 4.90 Å². The Kier molecular flexibility index (Phi) is 4.39. The lowest BCUT2D eigenvalue weighted by atomic mass is 9.80. The summed E-state index contributed by atoms with van der Waals surface area (Å²) < 4.78 is 6.50. The van der Waals surface area contributed by atoms with Gasteiger partial charge in [-0.05, 0) is 29.3 Å². The second-order valence-electron chi connectivity index (χ2n) is 6.20. The van der Waals surface area contributed by atoms with Gasteiger partial charge in [-0.1, -0.05) is 46.3 Å². The van der Waals surface area contributed by atoms with Crippen LogP contribution in [0.5, 0.6) is 0 Å². The highest BCUT2D eigenvalue weighted by molar-refractivity contribution is 9.10. The van der Waals surface area contributed by atoms with Gasteiger partial charge in [-0.3, -0.25) is 9.69 Å². The number of carbonyl (C=O) groups excluding carboxylic acids is 1. The van der Waals surface area contributed by atoms with Crippen LogP contribution in [0.4, 0.5) is 5.69 Å². The van der Waals surface area contributed by atoms with Crippen molar-refractivity contribution in [2.24, 2.45) is 0 Å². The van der Waals surface area contributed by atoms with Crippen molar-refractivity contribution in [3.8, 4) is 0 Å². The van der Waals surface area contributed by atoms with E-state index in [2.05, 4.69) is 44.3 Å². The number of nitrogens with one attached hydrogen (secondary N) is 1. The molecule has 0 radical (unpaired) electrons. The molecule has 124 valence electrons. The van der Waals surface area contributed by atoms with Crippen molar-refractivity contribution in [3.05, 3.63) is 64.1 Å². The lowest BCUT2D eigenvalue weighted by Gasteiger charge is -2.41. The molecule has 0 saturated carbocycles. The van der Waals surface area contributed by atoms with Gasteiger partial charge in [0.1, 0.15) is 6.04 Å². The van der Waals surface area contributed by atoms with E-state index in [9.17, 15) is 4.79 Å². The maximum atomic E-state index is 12.9. The lowest BCUT2D eigenvalue weighted by Crippen LogP contribution is -2.54. The topological polar surface area (TPSA) is 41.6 Å². The number of amides is 1. The van der Waals surface area contributed by atoms with Gasteiger partial charge >= 0.3 is 0 Å². The number of carbonyl (C=O) groups is 1. The predicted octanol–water partition coefficient (Wildman–Crippen LogP) is 3.23. The summed E-state index contributed by atoms with van der Waals surface area (Å²) in [6, 6.07) is 16.2. The molecule has 0 bridgehead atoms. The molecule has 24 heavy (non-hydrogen) atoms. The molecule has 0 unspecified atom stereocenters. The van der Waals surface area contributed by atoms with Gasteiger partial charge in [-0.25, -0.2) is 0 Å². The van der Waals surface area contributed by atoms with Crippen LogP contribution in [0.15, 0.2) is 53.0 Å². The summed E-state index contributed by atoms with van der Waals surface area (Å²) in [5.41, 5.74) is 3.23. The highest BCUT2D eigenvalue weighted by Crippen LogP contribution is 2.40. The van der Waals surface area contributed by atoms with Gasteiger partial charge in [0.2, 0.25) is 5.91 Å². The SMILES string of the molecule is O=C1Nc2ccc(Br)cc2[C@@H](c2ccccc2)[C@@H]1N1CCOCC1. The minimum Gasteiger partial charge on any atom is -0.379 e. The molecule has 4 nitrogen and oxygen atoms in total. The molecular formula is C19H19BrN2O2. The minimum absolute atomic E-state index is 0.0190. The van der Waals surface area contributed by atoms with Crippen molar-refractivity contribution < 1.29 is 9.53 Å². The molecule has 2 aromatic rings. The fourth-order valence-corrected chi connectivity index (χ4v) is 4.07. The lowest BCUT2D eigenvalue weighted by molar-refractivity contribution is -0.124. The van der Waals surface area contributed by atoms with Crippen LogP contribution >= 0.6 is 15.9 Å². The number of rotatable bonds is 2. The average Bonchev–Trinajstić information content (AvgIpc) is 2.62. The molecule has 1 fully saturated rings. The van der Waals surface area contributed by atoms with Crippen LogP contribution in [0, 0.1) is 0 Å². The molecule has 5 heteroatoms. The standard InChI is InChI=1S/C19H19BrN2O2/c20-14-6-7-16-15(12-14)17(13-4-2-1-3-5-13)18(19(23)21-16)22-8-10-24-11-9-22/h1-7,12,17-18H,8-11H2,(H,21,23)/t17-,18+/m1/s1. The molecule has 1 amide bonds. The van der Waals surface area contributed by atoms with Crippen molar-refractivity contribution in [2.45, 2.75) is 12.0 Å². The first kappa shape index (κ1) is 15.8. The zero-order valence-electron chi connectivity index (χ0n) is 13.2. The molecule has 1 saturated heterocycles. The molecule has 2 heterocycles. The van der Waals surface area contributed by atoms with Crippen LogP contribution in [-0.2, 0) is 9.53 Å². The monoisotopic (exact) mass is 386 g/mol. The highest BCUT2D eigenvalue weighted by Gasteiger charge is 2.40. The van der Waals surface area contributed by atoms with E-state index in [4.69, 9.17) is 4.74 Å². The van der Waals surface area contributed by atoms with Gasteiger partial charge in [0.15, 0.2) is 0 Å². The van der Waals surface area contributed by atoms with E-state index in [1.54, 1.807) is 0 Å². The largest absolute Gasteiger partial charge is 0.379 e. The van der Waals surface area contributed by atoms with E-state index < -0.39 is 0 Å². The van der Waals surface area contributed by atoms with E-state index >= 15 is 0 Å². The first-order chi connectivity index (χ1) is 11.7. The third-order valence-electron chi connectivity index (χ3n) is 4.79. The van der Waals surface area contributed by atoms with Crippen LogP contribution in [0.25, 0.3) is 0 Å². The molecule has 1 N–H and O–H groups in total. The summed E-state index contributed by atoms with van der Waals surface area (Å²) in [6.07, 6.45) is 0. The molecule has 2 atom stereocenters. The number of benzene rings is 2. The van der Waals surface area contributed by atoms with Gasteiger partial charge in [0.25, 0.3) is 0 Å². The quantitative estimate of drug-likeness (QED) is 0.861. The third kappa shape index (κ3) is 2.88. The molecule has 0 aromatic heterocycles. The smallest absolute Gasteiger partial charge is 0.242 e. The van der Waals surface area contributed by atoms with Crippen LogP contribution in [0.1, 0.15) is 17.0 Å². The number of morpholine rings is 1. The van der Waals surface area contributed by atoms with Crippen LogP contribution in [-0.4, -0.2) is 43.2 Å². The van der Waals surface area contributed by atoms with Crippen molar-refractivity contribution in [3.63, 3.8) is 0 Å². The Morgan fingerprint density at radius 3 is 2.58 bits per heavy atom. The van der Waals surface area contributed by atoms with Gasteiger partial charge in [-0.15, -0.1) is 0 Å². The zero-order chi connectivity index (χ0) is 16.5. The Balaban J connectivity index is 1.83. The summed E-state index contributed by atoms with van der Waals surface area (Å²) in [5, 5.41) is 3.09. The Morgan fingerprint density at radius 2 is 1.83 bits per heavy atom. The summed E-state index contributed by atoms with van der Waals surface area (Å²) in [5.74, 6) is 0.0890. The zero-order valence-corrected chi connectivity index (χ0v) is 14.8. The van der Waals surface area contributed by atoms with Crippen molar-refractivity contribution >= 4 is 27.5 Å². The van der Waals surface area contributed by atoms with Crippen LogP contribution in [0.3, 0.4) is 0 Å². The molecular weight excluding hydrogens is 368 g/mol. The first-order valence-electron chi connectivity index (χ1n) is 8.21. The number of hydrogen-bond acceptors (Lipinski definition) is 3. The highest BCUT2D eigenvalue weighted by atomic mass is 79.9. The Morgan fingerprint density at radius 1 is 1.08 bits per heavy atom. The van der Waals surface area contributed by atoms with Crippen molar-refractivity contribution in [1.29, 1.82) is 0 Å². The third-order valence-corrected chi connectivity index (χ3v) is 5.28. The average molecular weight is 387 g/mol. The molecule has 2 aromatic carbocycles. The minimum atomic E-state index is -0.210.